The van der Waals surface area contributed by atoms with Gasteiger partial charge in [-0.05, 0) is 37.3 Å². The maximum Gasteiger partial charge on any atom is 0.326 e. The lowest BCUT2D eigenvalue weighted by molar-refractivity contribution is -0.145. The molecule has 2 aromatic rings. The first kappa shape index (κ1) is 26.2. The molecule has 0 bridgehead atoms. The molecule has 2 heterocycles. The number of carboxylic acids is 1. The normalized spacial score (nSPS) is 19.1. The number of hydrogen-bond donors (Lipinski definition) is 5. The van der Waals surface area contributed by atoms with Crippen molar-refractivity contribution in [3.8, 4) is 0 Å². The van der Waals surface area contributed by atoms with Gasteiger partial charge < -0.3 is 31.4 Å². The third-order valence-electron chi connectivity index (χ3n) is 6.74. The van der Waals surface area contributed by atoms with Gasteiger partial charge in [-0.25, -0.2) is 4.79 Å². The van der Waals surface area contributed by atoms with E-state index in [1.165, 1.54) is 4.90 Å². The van der Waals surface area contributed by atoms with Crippen LogP contribution in [0.4, 0.5) is 0 Å². The van der Waals surface area contributed by atoms with Gasteiger partial charge >= 0.3 is 5.97 Å². The van der Waals surface area contributed by atoms with Gasteiger partial charge in [0.15, 0.2) is 0 Å². The van der Waals surface area contributed by atoms with Crippen molar-refractivity contribution in [2.24, 2.45) is 11.7 Å². The Morgan fingerprint density at radius 2 is 1.91 bits per heavy atom. The molecule has 1 saturated heterocycles. The van der Waals surface area contributed by atoms with Gasteiger partial charge in [-0.2, -0.15) is 0 Å². The molecular weight excluding hydrogens is 450 g/mol. The van der Waals surface area contributed by atoms with E-state index in [1.807, 2.05) is 38.1 Å². The number of nitrogens with two attached hydrogens (primary N) is 1. The van der Waals surface area contributed by atoms with E-state index < -0.39 is 42.0 Å². The number of H-pyrrole nitrogens is 1. The summed E-state index contributed by atoms with van der Waals surface area (Å²) in [5.74, 6) is -2.61. The lowest BCUT2D eigenvalue weighted by atomic mass is 9.97. The van der Waals surface area contributed by atoms with Gasteiger partial charge in [0.1, 0.15) is 18.1 Å². The van der Waals surface area contributed by atoms with E-state index in [0.717, 1.165) is 16.5 Å². The standard InChI is InChI=1S/C25H35N5O5/c1-4-14(2)21(29-22(31)15(3)26)24(33)30-11-7-10-20(30)23(32)28-19(25(34)35)12-16-13-27-18-9-6-5-8-17(16)18/h5-6,8-9,13-15,19-21,27H,4,7,10-12,26H2,1-3H3,(H,28,32)(H,29,31)(H,34,35). The van der Waals surface area contributed by atoms with Crippen molar-refractivity contribution in [3.63, 3.8) is 0 Å². The average Bonchev–Trinajstić information content (AvgIpc) is 3.48. The number of rotatable bonds is 10. The molecule has 190 valence electrons. The summed E-state index contributed by atoms with van der Waals surface area (Å²) in [7, 11) is 0. The molecule has 3 rings (SSSR count). The SMILES string of the molecule is CCC(C)C(NC(=O)C(C)N)C(=O)N1CCCC1C(=O)NC(Cc1c[nH]c2ccccc12)C(=O)O. The number of aromatic amines is 1. The summed E-state index contributed by atoms with van der Waals surface area (Å²) >= 11 is 0. The molecule has 1 aromatic carbocycles. The van der Waals surface area contributed by atoms with Gasteiger partial charge in [0.05, 0.1) is 6.04 Å². The van der Waals surface area contributed by atoms with Crippen molar-refractivity contribution in [2.45, 2.75) is 70.6 Å². The number of para-hydroxylation sites is 1. The van der Waals surface area contributed by atoms with Crippen molar-refractivity contribution < 1.29 is 24.3 Å². The zero-order chi connectivity index (χ0) is 25.7. The maximum atomic E-state index is 13.4. The number of fused-ring (bicyclic) bond motifs is 1. The lowest BCUT2D eigenvalue weighted by Gasteiger charge is -2.32. The zero-order valence-corrected chi connectivity index (χ0v) is 20.4. The molecule has 5 atom stereocenters. The molecule has 0 saturated carbocycles. The Bertz CT molecular complexity index is 1080. The van der Waals surface area contributed by atoms with E-state index in [-0.39, 0.29) is 18.2 Å². The summed E-state index contributed by atoms with van der Waals surface area (Å²) in [4.78, 5) is 55.4. The van der Waals surface area contributed by atoms with Crippen LogP contribution >= 0.6 is 0 Å². The molecule has 1 aliphatic heterocycles. The van der Waals surface area contributed by atoms with Crippen LogP contribution in [0.5, 0.6) is 0 Å². The molecule has 0 spiro atoms. The van der Waals surface area contributed by atoms with Crippen molar-refractivity contribution in [2.75, 3.05) is 6.54 Å². The minimum Gasteiger partial charge on any atom is -0.480 e. The molecule has 1 fully saturated rings. The van der Waals surface area contributed by atoms with Crippen LogP contribution in [-0.4, -0.2) is 69.4 Å². The van der Waals surface area contributed by atoms with Crippen LogP contribution in [0.3, 0.4) is 0 Å². The van der Waals surface area contributed by atoms with Gasteiger partial charge in [0, 0.05) is 30.1 Å². The second kappa shape index (κ2) is 11.4. The zero-order valence-electron chi connectivity index (χ0n) is 20.4. The van der Waals surface area contributed by atoms with E-state index in [4.69, 9.17) is 5.73 Å². The largest absolute Gasteiger partial charge is 0.480 e. The van der Waals surface area contributed by atoms with Gasteiger partial charge in [-0.1, -0.05) is 38.5 Å². The summed E-state index contributed by atoms with van der Waals surface area (Å²) in [6.45, 7) is 5.67. The number of aliphatic carboxylic acids is 1. The van der Waals surface area contributed by atoms with Gasteiger partial charge in [-0.3, -0.25) is 14.4 Å². The van der Waals surface area contributed by atoms with Crippen LogP contribution in [0.25, 0.3) is 10.9 Å². The smallest absolute Gasteiger partial charge is 0.326 e. The Balaban J connectivity index is 1.74. The molecule has 35 heavy (non-hydrogen) atoms. The fourth-order valence-electron chi connectivity index (χ4n) is 4.44. The Labute approximate surface area is 204 Å². The van der Waals surface area contributed by atoms with Gasteiger partial charge in [0.2, 0.25) is 17.7 Å². The molecule has 6 N–H and O–H groups in total. The second-order valence-electron chi connectivity index (χ2n) is 9.31. The van der Waals surface area contributed by atoms with Crippen molar-refractivity contribution >= 4 is 34.6 Å². The average molecular weight is 486 g/mol. The number of carbonyl (C=O) groups is 4. The molecule has 1 aromatic heterocycles. The van der Waals surface area contributed by atoms with Crippen molar-refractivity contribution in [1.29, 1.82) is 0 Å². The van der Waals surface area contributed by atoms with E-state index >= 15 is 0 Å². The number of benzene rings is 1. The highest BCUT2D eigenvalue weighted by Crippen LogP contribution is 2.23. The molecule has 3 amide bonds. The first-order valence-electron chi connectivity index (χ1n) is 12.1. The fraction of sp³-hybridized carbons (Fsp3) is 0.520. The molecule has 0 radical (unpaired) electrons. The van der Waals surface area contributed by atoms with Crippen LogP contribution < -0.4 is 16.4 Å². The minimum absolute atomic E-state index is 0.103. The summed E-state index contributed by atoms with van der Waals surface area (Å²) in [6, 6.07) is 4.01. The number of likely N-dealkylation sites (tertiary alicyclic amines) is 1. The van der Waals surface area contributed by atoms with Gasteiger partial charge in [0.25, 0.3) is 0 Å². The monoisotopic (exact) mass is 485 g/mol. The van der Waals surface area contributed by atoms with Crippen LogP contribution in [0.15, 0.2) is 30.5 Å². The number of amides is 3. The number of hydrogen-bond acceptors (Lipinski definition) is 5. The summed E-state index contributed by atoms with van der Waals surface area (Å²) in [6.07, 6.45) is 3.53. The Morgan fingerprint density at radius 3 is 2.57 bits per heavy atom. The van der Waals surface area contributed by atoms with Crippen molar-refractivity contribution in [3.05, 3.63) is 36.0 Å². The highest BCUT2D eigenvalue weighted by molar-refractivity contribution is 5.95. The van der Waals surface area contributed by atoms with Crippen LogP contribution in [0.1, 0.15) is 45.6 Å². The van der Waals surface area contributed by atoms with Crippen LogP contribution in [0.2, 0.25) is 0 Å². The first-order chi connectivity index (χ1) is 16.6. The topological polar surface area (TPSA) is 158 Å². The number of nitrogens with one attached hydrogen (secondary N) is 3. The molecule has 5 unspecified atom stereocenters. The molecule has 1 aliphatic rings. The van der Waals surface area contributed by atoms with Gasteiger partial charge in [-0.15, -0.1) is 0 Å². The Kier molecular flexibility index (Phi) is 8.50. The third-order valence-corrected chi connectivity index (χ3v) is 6.74. The molecule has 10 heteroatoms. The molecule has 10 nitrogen and oxygen atoms in total. The number of carboxylic acid groups (broad SMARTS) is 1. The predicted octanol–water partition coefficient (Wildman–Crippen LogP) is 1.15. The predicted molar refractivity (Wildman–Crippen MR) is 131 cm³/mol. The summed E-state index contributed by atoms with van der Waals surface area (Å²) in [5, 5.41) is 16.0. The van der Waals surface area contributed by atoms with E-state index in [0.29, 0.717) is 25.8 Å². The molecule has 0 aliphatic carbocycles. The number of nitrogens with zero attached hydrogens (tertiary/aromatic N) is 1. The Hall–Kier alpha value is -3.40. The summed E-state index contributed by atoms with van der Waals surface area (Å²) < 4.78 is 0. The highest BCUT2D eigenvalue weighted by Gasteiger charge is 2.40. The number of carbonyl (C=O) groups excluding carboxylic acids is 3. The fourth-order valence-corrected chi connectivity index (χ4v) is 4.44. The molecular formula is C25H35N5O5. The highest BCUT2D eigenvalue weighted by atomic mass is 16.4. The summed E-state index contributed by atoms with van der Waals surface area (Å²) in [5.41, 5.74) is 7.33. The minimum atomic E-state index is -1.15. The maximum absolute atomic E-state index is 13.4. The van der Waals surface area contributed by atoms with Crippen molar-refractivity contribution in [1.82, 2.24) is 20.5 Å². The first-order valence-corrected chi connectivity index (χ1v) is 12.1. The van der Waals surface area contributed by atoms with E-state index in [1.54, 1.807) is 13.1 Å². The Morgan fingerprint density at radius 1 is 1.20 bits per heavy atom. The number of aromatic nitrogens is 1. The second-order valence-corrected chi connectivity index (χ2v) is 9.31. The van der Waals surface area contributed by atoms with Crippen LogP contribution in [0, 0.1) is 5.92 Å². The van der Waals surface area contributed by atoms with E-state index in [9.17, 15) is 24.3 Å². The lowest BCUT2D eigenvalue weighted by Crippen LogP contribution is -2.58. The quantitative estimate of drug-likeness (QED) is 0.340. The van der Waals surface area contributed by atoms with Crippen LogP contribution in [-0.2, 0) is 25.6 Å². The third kappa shape index (κ3) is 6.00. The van der Waals surface area contributed by atoms with E-state index in [2.05, 4.69) is 15.6 Å².